The van der Waals surface area contributed by atoms with Gasteiger partial charge < -0.3 is 18.9 Å². The van der Waals surface area contributed by atoms with Gasteiger partial charge in [-0.15, -0.1) is 0 Å². The van der Waals surface area contributed by atoms with E-state index in [0.717, 1.165) is 0 Å². The van der Waals surface area contributed by atoms with Crippen molar-refractivity contribution in [2.24, 2.45) is 0 Å². The van der Waals surface area contributed by atoms with Crippen molar-refractivity contribution in [3.8, 4) is 0 Å². The maximum Gasteiger partial charge on any atom is 0.303 e. The van der Waals surface area contributed by atoms with Gasteiger partial charge in [-0.1, -0.05) is 0 Å². The van der Waals surface area contributed by atoms with E-state index < -0.39 is 24.3 Å². The van der Waals surface area contributed by atoms with Crippen molar-refractivity contribution >= 4 is 11.9 Å². The van der Waals surface area contributed by atoms with Crippen LogP contribution in [-0.4, -0.2) is 44.2 Å². The lowest BCUT2D eigenvalue weighted by Crippen LogP contribution is -2.31. The fourth-order valence-corrected chi connectivity index (χ4v) is 1.37. The highest BCUT2D eigenvalue weighted by Crippen LogP contribution is 2.09. The Morgan fingerprint density at radius 2 is 1.56 bits per heavy atom. The predicted octanol–water partition coefficient (Wildman–Crippen LogP) is 1.27. The van der Waals surface area contributed by atoms with Gasteiger partial charge in [-0.05, 0) is 13.8 Å². The number of ether oxygens (including phenoxy) is 4. The molecule has 0 aromatic rings. The summed E-state index contributed by atoms with van der Waals surface area (Å²) in [7, 11) is 0. The van der Waals surface area contributed by atoms with Gasteiger partial charge in [-0.25, -0.2) is 0 Å². The summed E-state index contributed by atoms with van der Waals surface area (Å²) in [5.74, 6) is -0.851. The minimum absolute atomic E-state index is 0.00552. The molecule has 0 aliphatic carbocycles. The van der Waals surface area contributed by atoms with E-state index in [2.05, 4.69) is 0 Å². The van der Waals surface area contributed by atoms with Crippen LogP contribution in [-0.2, 0) is 28.5 Å². The molecule has 0 spiro atoms. The lowest BCUT2D eigenvalue weighted by molar-refractivity contribution is -0.176. The first-order valence-corrected chi connectivity index (χ1v) is 6.03. The Morgan fingerprint density at radius 1 is 1.00 bits per heavy atom. The van der Waals surface area contributed by atoms with E-state index in [1.165, 1.54) is 13.8 Å². The molecule has 0 rings (SSSR count). The topological polar surface area (TPSA) is 71.1 Å². The van der Waals surface area contributed by atoms with Gasteiger partial charge in [0, 0.05) is 33.5 Å². The van der Waals surface area contributed by atoms with Crippen molar-refractivity contribution in [2.75, 3.05) is 19.8 Å². The molecule has 0 fully saturated rings. The van der Waals surface area contributed by atoms with Crippen molar-refractivity contribution in [1.29, 1.82) is 0 Å². The fourth-order valence-electron chi connectivity index (χ4n) is 1.37. The van der Waals surface area contributed by atoms with Crippen LogP contribution in [0.2, 0.25) is 0 Å². The van der Waals surface area contributed by atoms with Crippen molar-refractivity contribution in [3.05, 3.63) is 0 Å². The third-order valence-corrected chi connectivity index (χ3v) is 1.97. The van der Waals surface area contributed by atoms with Gasteiger partial charge in [-0.2, -0.15) is 0 Å². The zero-order valence-corrected chi connectivity index (χ0v) is 11.4. The molecule has 106 valence electrons. The number of esters is 2. The molecule has 18 heavy (non-hydrogen) atoms. The van der Waals surface area contributed by atoms with Crippen LogP contribution in [0.1, 0.15) is 34.1 Å². The molecular weight excluding hydrogens is 240 g/mol. The number of hydrogen-bond acceptors (Lipinski definition) is 6. The van der Waals surface area contributed by atoms with Crippen LogP contribution >= 0.6 is 0 Å². The summed E-state index contributed by atoms with van der Waals surface area (Å²) < 4.78 is 20.6. The van der Waals surface area contributed by atoms with Gasteiger partial charge in [0.25, 0.3) is 0 Å². The SMILES string of the molecule is CCOC(CC(COC(C)=O)OC(C)=O)OCC. The second-order valence-corrected chi connectivity index (χ2v) is 3.61. The van der Waals surface area contributed by atoms with E-state index in [1.807, 2.05) is 13.8 Å². The molecule has 0 aromatic heterocycles. The zero-order chi connectivity index (χ0) is 14.0. The lowest BCUT2D eigenvalue weighted by Gasteiger charge is -2.22. The van der Waals surface area contributed by atoms with Gasteiger partial charge in [0.15, 0.2) is 6.29 Å². The molecule has 0 bridgehead atoms. The largest absolute Gasteiger partial charge is 0.462 e. The van der Waals surface area contributed by atoms with E-state index >= 15 is 0 Å². The highest BCUT2D eigenvalue weighted by molar-refractivity contribution is 5.67. The lowest BCUT2D eigenvalue weighted by atomic mass is 10.2. The summed E-state index contributed by atoms with van der Waals surface area (Å²) in [6.07, 6.45) is -0.705. The van der Waals surface area contributed by atoms with Gasteiger partial charge in [0.05, 0.1) is 0 Å². The average molecular weight is 262 g/mol. The van der Waals surface area contributed by atoms with Crippen molar-refractivity contribution in [2.45, 2.75) is 46.5 Å². The fraction of sp³-hybridized carbons (Fsp3) is 0.833. The first-order valence-electron chi connectivity index (χ1n) is 6.03. The highest BCUT2D eigenvalue weighted by atomic mass is 16.7. The summed E-state index contributed by atoms with van der Waals surface area (Å²) in [6, 6.07) is 0. The third-order valence-electron chi connectivity index (χ3n) is 1.97. The molecule has 6 heteroatoms. The number of hydrogen-bond donors (Lipinski definition) is 0. The average Bonchev–Trinajstić information content (AvgIpc) is 2.25. The third kappa shape index (κ3) is 8.95. The van der Waals surface area contributed by atoms with Crippen LogP contribution in [0, 0.1) is 0 Å². The maximum atomic E-state index is 11.0. The van der Waals surface area contributed by atoms with Crippen molar-refractivity contribution in [3.63, 3.8) is 0 Å². The monoisotopic (exact) mass is 262 g/mol. The normalized spacial score (nSPS) is 12.3. The van der Waals surface area contributed by atoms with Gasteiger partial charge >= 0.3 is 11.9 Å². The summed E-state index contributed by atoms with van der Waals surface area (Å²) >= 11 is 0. The molecule has 0 heterocycles. The molecule has 0 aromatic carbocycles. The first-order chi connectivity index (χ1) is 8.49. The van der Waals surface area contributed by atoms with Gasteiger partial charge in [0.2, 0.25) is 0 Å². The molecule has 0 aliphatic heterocycles. The molecule has 0 N–H and O–H groups in total. The Balaban J connectivity index is 4.32. The molecule has 6 nitrogen and oxygen atoms in total. The van der Waals surface area contributed by atoms with Crippen molar-refractivity contribution in [1.82, 2.24) is 0 Å². The predicted molar refractivity (Wildman–Crippen MR) is 63.8 cm³/mol. The minimum atomic E-state index is -0.561. The highest BCUT2D eigenvalue weighted by Gasteiger charge is 2.20. The quantitative estimate of drug-likeness (QED) is 0.460. The Morgan fingerprint density at radius 3 is 1.94 bits per heavy atom. The molecule has 0 amide bonds. The number of carbonyl (C=O) groups excluding carboxylic acids is 2. The first kappa shape index (κ1) is 16.9. The molecule has 0 radical (unpaired) electrons. The van der Waals surface area contributed by atoms with Crippen LogP contribution in [0.4, 0.5) is 0 Å². The summed E-state index contributed by atoms with van der Waals surface area (Å²) in [5, 5.41) is 0. The second kappa shape index (κ2) is 9.85. The molecular formula is C12H22O6. The summed E-state index contributed by atoms with van der Waals surface area (Å²) in [5.41, 5.74) is 0. The van der Waals surface area contributed by atoms with Crippen LogP contribution < -0.4 is 0 Å². The number of carbonyl (C=O) groups is 2. The van der Waals surface area contributed by atoms with E-state index in [4.69, 9.17) is 18.9 Å². The number of rotatable bonds is 9. The molecule has 0 aliphatic rings. The molecule has 0 saturated carbocycles. The van der Waals surface area contributed by atoms with E-state index in [1.54, 1.807) is 0 Å². The van der Waals surface area contributed by atoms with E-state index in [0.29, 0.717) is 19.6 Å². The Hall–Kier alpha value is -1.14. The Labute approximate surface area is 108 Å². The van der Waals surface area contributed by atoms with Crippen LogP contribution in [0.5, 0.6) is 0 Å². The Kier molecular flexibility index (Phi) is 9.22. The molecule has 1 atom stereocenters. The van der Waals surface area contributed by atoms with Crippen LogP contribution in [0.3, 0.4) is 0 Å². The van der Waals surface area contributed by atoms with Gasteiger partial charge in [-0.3, -0.25) is 9.59 Å². The zero-order valence-electron chi connectivity index (χ0n) is 11.4. The molecule has 0 saturated heterocycles. The van der Waals surface area contributed by atoms with E-state index in [-0.39, 0.29) is 6.61 Å². The summed E-state index contributed by atoms with van der Waals surface area (Å²) in [6.45, 7) is 7.28. The van der Waals surface area contributed by atoms with Crippen LogP contribution in [0.25, 0.3) is 0 Å². The van der Waals surface area contributed by atoms with Crippen molar-refractivity contribution < 1.29 is 28.5 Å². The van der Waals surface area contributed by atoms with E-state index in [9.17, 15) is 9.59 Å². The summed E-state index contributed by atoms with van der Waals surface area (Å²) in [4.78, 5) is 21.7. The standard InChI is InChI=1S/C12H22O6/c1-5-15-12(16-6-2)7-11(18-10(4)14)8-17-9(3)13/h11-12H,5-8H2,1-4H3. The maximum absolute atomic E-state index is 11.0. The minimum Gasteiger partial charge on any atom is -0.462 e. The Bertz CT molecular complexity index is 247. The van der Waals surface area contributed by atoms with Gasteiger partial charge in [0.1, 0.15) is 12.7 Å². The second-order valence-electron chi connectivity index (χ2n) is 3.61. The smallest absolute Gasteiger partial charge is 0.303 e. The van der Waals surface area contributed by atoms with Crippen LogP contribution in [0.15, 0.2) is 0 Å². The molecule has 1 unspecified atom stereocenters.